The Balaban J connectivity index is 2.05. The van der Waals surface area contributed by atoms with Gasteiger partial charge >= 0.3 is 6.61 Å². The highest BCUT2D eigenvalue weighted by molar-refractivity contribution is 5.93. The molecular weight excluding hydrogens is 317 g/mol. The van der Waals surface area contributed by atoms with Crippen molar-refractivity contribution in [2.24, 2.45) is 0 Å². The molecule has 0 saturated heterocycles. The molecule has 2 aromatic heterocycles. The van der Waals surface area contributed by atoms with Crippen LogP contribution in [0.15, 0.2) is 24.8 Å². The number of halogens is 3. The number of nitrogens with zero attached hydrogens (tertiary/aromatic N) is 3. The van der Waals surface area contributed by atoms with E-state index in [2.05, 4.69) is 25.0 Å². The summed E-state index contributed by atoms with van der Waals surface area (Å²) < 4.78 is 46.4. The molecule has 0 spiro atoms. The summed E-state index contributed by atoms with van der Waals surface area (Å²) in [6.07, 6.45) is 3.66. The molecule has 23 heavy (non-hydrogen) atoms. The molecule has 0 atom stereocenters. The van der Waals surface area contributed by atoms with Crippen molar-refractivity contribution >= 4 is 5.91 Å². The topological polar surface area (TPSA) is 86.2 Å². The highest BCUT2D eigenvalue weighted by Gasteiger charge is 2.15. The average Bonchev–Trinajstić information content (AvgIpc) is 2.54. The number of ether oxygens (including phenoxy) is 2. The van der Waals surface area contributed by atoms with Crippen LogP contribution in [-0.4, -0.2) is 34.6 Å². The van der Waals surface area contributed by atoms with Gasteiger partial charge in [0, 0.05) is 18.9 Å². The van der Waals surface area contributed by atoms with Gasteiger partial charge in [-0.25, -0.2) is 19.3 Å². The molecule has 0 radical (unpaired) electrons. The molecule has 0 unspecified atom stereocenters. The second-order valence-corrected chi connectivity index (χ2v) is 4.13. The van der Waals surface area contributed by atoms with Crippen molar-refractivity contribution in [1.29, 1.82) is 0 Å². The number of carbonyl (C=O) groups excluding carboxylic acids is 1. The minimum absolute atomic E-state index is 0.0275. The number of alkyl halides is 2. The molecule has 0 fully saturated rings. The van der Waals surface area contributed by atoms with Crippen LogP contribution in [0.4, 0.5) is 13.2 Å². The van der Waals surface area contributed by atoms with Crippen molar-refractivity contribution in [3.05, 3.63) is 41.7 Å². The van der Waals surface area contributed by atoms with Gasteiger partial charge in [-0.05, 0) is 6.07 Å². The lowest BCUT2D eigenvalue weighted by atomic mass is 10.2. The Morgan fingerprint density at radius 3 is 2.74 bits per heavy atom. The van der Waals surface area contributed by atoms with E-state index in [1.807, 2.05) is 0 Å². The fourth-order valence-electron chi connectivity index (χ4n) is 1.65. The van der Waals surface area contributed by atoms with E-state index in [1.165, 1.54) is 19.6 Å². The molecule has 122 valence electrons. The summed E-state index contributed by atoms with van der Waals surface area (Å²) >= 11 is 0. The number of carbonyl (C=O) groups is 1. The molecule has 1 amide bonds. The summed E-state index contributed by atoms with van der Waals surface area (Å²) in [5, 5.41) is 2.48. The average molecular weight is 328 g/mol. The Bertz CT molecular complexity index is 700. The van der Waals surface area contributed by atoms with E-state index >= 15 is 0 Å². The minimum atomic E-state index is -3.21. The zero-order valence-electron chi connectivity index (χ0n) is 11.8. The molecule has 7 nitrogen and oxygen atoms in total. The fraction of sp³-hybridized carbons (Fsp3) is 0.231. The molecule has 0 aromatic carbocycles. The summed E-state index contributed by atoms with van der Waals surface area (Å²) in [7, 11) is 1.41. The van der Waals surface area contributed by atoms with Crippen LogP contribution in [0.1, 0.15) is 15.9 Å². The highest BCUT2D eigenvalue weighted by atomic mass is 19.3. The van der Waals surface area contributed by atoms with Crippen molar-refractivity contribution in [1.82, 2.24) is 20.3 Å². The maximum Gasteiger partial charge on any atom is 0.388 e. The minimum Gasteiger partial charge on any atom is -0.481 e. The summed E-state index contributed by atoms with van der Waals surface area (Å²) in [6.45, 7) is -3.18. The molecule has 0 aliphatic carbocycles. The van der Waals surface area contributed by atoms with Gasteiger partial charge in [-0.15, -0.1) is 0 Å². The third-order valence-corrected chi connectivity index (χ3v) is 2.65. The Labute approximate surface area is 128 Å². The number of amides is 1. The Morgan fingerprint density at radius 1 is 1.30 bits per heavy atom. The molecule has 0 bridgehead atoms. The van der Waals surface area contributed by atoms with Gasteiger partial charge in [0.05, 0.1) is 18.2 Å². The van der Waals surface area contributed by atoms with E-state index < -0.39 is 24.2 Å². The van der Waals surface area contributed by atoms with Crippen molar-refractivity contribution in [2.45, 2.75) is 13.2 Å². The molecule has 0 aliphatic heterocycles. The monoisotopic (exact) mass is 328 g/mol. The van der Waals surface area contributed by atoms with Gasteiger partial charge in [0.2, 0.25) is 5.88 Å². The SMILES string of the molecule is COc1ncncc1CNC(=O)c1cnc(OC(F)F)c(F)c1. The lowest BCUT2D eigenvalue weighted by molar-refractivity contribution is -0.0553. The first kappa shape index (κ1) is 16.5. The van der Waals surface area contributed by atoms with Crippen molar-refractivity contribution in [3.63, 3.8) is 0 Å². The van der Waals surface area contributed by atoms with Crippen LogP contribution in [0.25, 0.3) is 0 Å². The standard InChI is InChI=1S/C13H11F3N4O3/c1-22-11-8(3-17-6-20-11)5-18-10(21)7-2-9(14)12(19-4-7)23-13(15)16/h2-4,6,13H,5H2,1H3,(H,18,21). The number of rotatable bonds is 6. The van der Waals surface area contributed by atoms with E-state index in [1.54, 1.807) is 0 Å². The number of pyridine rings is 1. The van der Waals surface area contributed by atoms with Crippen LogP contribution in [0, 0.1) is 5.82 Å². The summed E-state index contributed by atoms with van der Waals surface area (Å²) in [4.78, 5) is 22.9. The molecule has 2 rings (SSSR count). The Kier molecular flexibility index (Phi) is 5.28. The smallest absolute Gasteiger partial charge is 0.388 e. The van der Waals surface area contributed by atoms with Crippen molar-refractivity contribution in [2.75, 3.05) is 7.11 Å². The molecule has 10 heteroatoms. The number of aromatic nitrogens is 3. The maximum atomic E-state index is 13.5. The summed E-state index contributed by atoms with van der Waals surface area (Å²) in [5.74, 6) is -2.43. The first-order valence-corrected chi connectivity index (χ1v) is 6.22. The highest BCUT2D eigenvalue weighted by Crippen LogP contribution is 2.17. The predicted octanol–water partition coefficient (Wildman–Crippen LogP) is 1.55. The molecule has 2 aromatic rings. The van der Waals surface area contributed by atoms with Gasteiger partial charge in [-0.3, -0.25) is 4.79 Å². The van der Waals surface area contributed by atoms with Crippen molar-refractivity contribution < 1.29 is 27.4 Å². The number of methoxy groups -OCH3 is 1. The molecule has 1 N–H and O–H groups in total. The maximum absolute atomic E-state index is 13.5. The lowest BCUT2D eigenvalue weighted by Gasteiger charge is -2.09. The second-order valence-electron chi connectivity index (χ2n) is 4.13. The van der Waals surface area contributed by atoms with Crippen LogP contribution < -0.4 is 14.8 Å². The quantitative estimate of drug-likeness (QED) is 0.866. The predicted molar refractivity (Wildman–Crippen MR) is 70.6 cm³/mol. The van der Waals surface area contributed by atoms with Gasteiger partial charge in [0.1, 0.15) is 6.33 Å². The molecular formula is C13H11F3N4O3. The normalized spacial score (nSPS) is 10.5. The molecule has 2 heterocycles. The largest absolute Gasteiger partial charge is 0.481 e. The van der Waals surface area contributed by atoms with E-state index in [-0.39, 0.29) is 18.0 Å². The zero-order valence-corrected chi connectivity index (χ0v) is 11.8. The van der Waals surface area contributed by atoms with Crippen LogP contribution in [-0.2, 0) is 6.54 Å². The molecule has 0 saturated carbocycles. The third kappa shape index (κ3) is 4.28. The van der Waals surface area contributed by atoms with E-state index in [0.29, 0.717) is 5.56 Å². The lowest BCUT2D eigenvalue weighted by Crippen LogP contribution is -2.23. The first-order valence-electron chi connectivity index (χ1n) is 6.22. The zero-order chi connectivity index (χ0) is 16.8. The Hall–Kier alpha value is -2.91. The number of hydrogen-bond acceptors (Lipinski definition) is 6. The van der Waals surface area contributed by atoms with E-state index in [9.17, 15) is 18.0 Å². The molecule has 0 aliphatic rings. The van der Waals surface area contributed by atoms with E-state index in [4.69, 9.17) is 4.74 Å². The number of nitrogens with one attached hydrogen (secondary N) is 1. The van der Waals surface area contributed by atoms with Crippen LogP contribution >= 0.6 is 0 Å². The third-order valence-electron chi connectivity index (χ3n) is 2.65. The van der Waals surface area contributed by atoms with Gasteiger partial charge < -0.3 is 14.8 Å². The van der Waals surface area contributed by atoms with Crippen molar-refractivity contribution in [3.8, 4) is 11.8 Å². The van der Waals surface area contributed by atoms with Crippen LogP contribution in [0.5, 0.6) is 11.8 Å². The summed E-state index contributed by atoms with van der Waals surface area (Å²) in [5.41, 5.74) is 0.356. The van der Waals surface area contributed by atoms with Gasteiger partial charge in [0.15, 0.2) is 5.82 Å². The van der Waals surface area contributed by atoms with E-state index in [0.717, 1.165) is 12.3 Å². The Morgan fingerprint density at radius 2 is 2.09 bits per heavy atom. The van der Waals surface area contributed by atoms with Gasteiger partial charge in [-0.1, -0.05) is 0 Å². The second kappa shape index (κ2) is 7.38. The number of hydrogen-bond donors (Lipinski definition) is 1. The fourth-order valence-corrected chi connectivity index (χ4v) is 1.65. The van der Waals surface area contributed by atoms with Crippen LogP contribution in [0.3, 0.4) is 0 Å². The summed E-state index contributed by atoms with van der Waals surface area (Å²) in [6, 6.07) is 0.749. The first-order chi connectivity index (χ1) is 11.0. The van der Waals surface area contributed by atoms with Gasteiger partial charge in [-0.2, -0.15) is 8.78 Å². The van der Waals surface area contributed by atoms with Crippen LogP contribution in [0.2, 0.25) is 0 Å². The van der Waals surface area contributed by atoms with Gasteiger partial charge in [0.25, 0.3) is 11.8 Å².